The maximum atomic E-state index is 5.04. The maximum Gasteiger partial charge on any atom is 0.241 e. The van der Waals surface area contributed by atoms with Crippen LogP contribution in [-0.4, -0.2) is 43.6 Å². The average molecular weight is 510 g/mol. The molecular formula is C30H23N9. The lowest BCUT2D eigenvalue weighted by atomic mass is 10.2. The number of para-hydroxylation sites is 2. The normalized spacial score (nSPS) is 11.3. The van der Waals surface area contributed by atoms with Gasteiger partial charge >= 0.3 is 0 Å². The van der Waals surface area contributed by atoms with E-state index in [0.717, 1.165) is 43.9 Å². The van der Waals surface area contributed by atoms with Crippen LogP contribution in [0.1, 0.15) is 13.8 Å². The lowest BCUT2D eigenvalue weighted by molar-refractivity contribution is 0.827. The fourth-order valence-corrected chi connectivity index (χ4v) is 5.03. The van der Waals surface area contributed by atoms with Gasteiger partial charge in [0.25, 0.3) is 0 Å². The first-order valence-electron chi connectivity index (χ1n) is 12.8. The van der Waals surface area contributed by atoms with Gasteiger partial charge in [-0.2, -0.15) is 15.0 Å². The topological polar surface area (TPSA) is 92.1 Å². The summed E-state index contributed by atoms with van der Waals surface area (Å²) in [6.07, 6.45) is 8.82. The van der Waals surface area contributed by atoms with Gasteiger partial charge in [-0.3, -0.25) is 23.7 Å². The van der Waals surface area contributed by atoms with E-state index in [0.29, 0.717) is 17.8 Å². The van der Waals surface area contributed by atoms with E-state index in [-0.39, 0.29) is 0 Å². The summed E-state index contributed by atoms with van der Waals surface area (Å²) >= 11 is 0. The van der Waals surface area contributed by atoms with Gasteiger partial charge in [-0.05, 0) is 36.4 Å². The van der Waals surface area contributed by atoms with Crippen molar-refractivity contribution in [1.82, 2.24) is 43.6 Å². The van der Waals surface area contributed by atoms with E-state index in [2.05, 4.69) is 39.2 Å². The standard InChI is InChI=1S/C28H17N9.C2H6/c1-3-9-20-18(7-1)24-22(11-5-13-30-24)36(20)27-32-26(35-16-15-29-17-35)33-28(34-27)37-21-10-4-2-8-19(21)25-23(37)12-6-14-31-25;1-2/h1-17H;1-2H3. The Morgan fingerprint density at radius 2 is 1.00 bits per heavy atom. The Morgan fingerprint density at radius 3 is 1.51 bits per heavy atom. The maximum absolute atomic E-state index is 5.04. The summed E-state index contributed by atoms with van der Waals surface area (Å²) in [7, 11) is 0. The van der Waals surface area contributed by atoms with Gasteiger partial charge in [0.15, 0.2) is 0 Å². The van der Waals surface area contributed by atoms with Crippen molar-refractivity contribution in [2.24, 2.45) is 0 Å². The molecule has 39 heavy (non-hydrogen) atoms. The molecule has 0 atom stereocenters. The number of rotatable bonds is 3. The molecule has 6 aromatic heterocycles. The molecule has 0 aliphatic heterocycles. The molecule has 0 spiro atoms. The van der Waals surface area contributed by atoms with Gasteiger partial charge < -0.3 is 0 Å². The molecule has 0 fully saturated rings. The second-order valence-electron chi connectivity index (χ2n) is 8.65. The molecule has 0 unspecified atom stereocenters. The van der Waals surface area contributed by atoms with Gasteiger partial charge in [-0.25, -0.2) is 4.98 Å². The predicted octanol–water partition coefficient (Wildman–Crippen LogP) is 6.07. The summed E-state index contributed by atoms with van der Waals surface area (Å²) < 4.78 is 5.86. The minimum absolute atomic E-state index is 0.460. The third-order valence-corrected chi connectivity index (χ3v) is 6.59. The van der Waals surface area contributed by atoms with E-state index >= 15 is 0 Å². The van der Waals surface area contributed by atoms with Gasteiger partial charge in [0.05, 0.1) is 33.1 Å². The van der Waals surface area contributed by atoms with Gasteiger partial charge in [0.1, 0.15) is 6.33 Å². The van der Waals surface area contributed by atoms with E-state index in [4.69, 9.17) is 15.0 Å². The molecule has 8 rings (SSSR count). The molecule has 0 aliphatic carbocycles. The lowest BCUT2D eigenvalue weighted by Crippen LogP contribution is -2.12. The molecule has 6 heterocycles. The van der Waals surface area contributed by atoms with E-state index in [1.165, 1.54) is 0 Å². The number of hydrogen-bond acceptors (Lipinski definition) is 6. The second kappa shape index (κ2) is 9.14. The lowest BCUT2D eigenvalue weighted by Gasteiger charge is -2.12. The molecule has 0 aliphatic rings. The third-order valence-electron chi connectivity index (χ3n) is 6.59. The molecule has 0 radical (unpaired) electrons. The van der Waals surface area contributed by atoms with Crippen LogP contribution in [0.15, 0.2) is 104 Å². The Balaban J connectivity index is 0.00000124. The van der Waals surface area contributed by atoms with Crippen molar-refractivity contribution in [2.75, 3.05) is 0 Å². The smallest absolute Gasteiger partial charge is 0.241 e. The molecular weight excluding hydrogens is 486 g/mol. The fourth-order valence-electron chi connectivity index (χ4n) is 5.03. The van der Waals surface area contributed by atoms with Crippen LogP contribution >= 0.6 is 0 Å². The summed E-state index contributed by atoms with van der Waals surface area (Å²) in [5.74, 6) is 1.44. The van der Waals surface area contributed by atoms with E-state index in [1.807, 2.05) is 77.7 Å². The highest BCUT2D eigenvalue weighted by atomic mass is 15.3. The fraction of sp³-hybridized carbons (Fsp3) is 0.0667. The van der Waals surface area contributed by atoms with Crippen LogP contribution in [0.2, 0.25) is 0 Å². The van der Waals surface area contributed by atoms with Crippen LogP contribution in [0, 0.1) is 0 Å². The first kappa shape index (κ1) is 22.7. The van der Waals surface area contributed by atoms with Gasteiger partial charge in [0, 0.05) is 35.6 Å². The highest BCUT2D eigenvalue weighted by Gasteiger charge is 2.20. The monoisotopic (exact) mass is 509 g/mol. The molecule has 0 amide bonds. The van der Waals surface area contributed by atoms with Crippen LogP contribution in [0.3, 0.4) is 0 Å². The number of imidazole rings is 1. The minimum atomic E-state index is 0.460. The molecule has 0 saturated heterocycles. The largest absolute Gasteiger partial charge is 0.276 e. The number of pyridine rings is 2. The zero-order valence-electron chi connectivity index (χ0n) is 21.3. The first-order chi connectivity index (χ1) is 19.4. The Morgan fingerprint density at radius 1 is 0.513 bits per heavy atom. The molecule has 9 nitrogen and oxygen atoms in total. The summed E-state index contributed by atoms with van der Waals surface area (Å²) in [6.45, 7) is 4.00. The molecule has 9 heteroatoms. The van der Waals surface area contributed by atoms with Crippen molar-refractivity contribution in [3.05, 3.63) is 104 Å². The SMILES string of the molecule is CC.c1ccc2c(c1)c1ncccc1n2-c1nc(-n2ccnc2)nc(-n2c3ccccc3c3ncccc32)n1. The van der Waals surface area contributed by atoms with Crippen LogP contribution < -0.4 is 0 Å². The minimum Gasteiger partial charge on any atom is -0.276 e. The zero-order chi connectivity index (χ0) is 26.3. The Bertz CT molecular complexity index is 1860. The molecule has 0 bridgehead atoms. The zero-order valence-corrected chi connectivity index (χ0v) is 21.3. The van der Waals surface area contributed by atoms with Crippen molar-refractivity contribution < 1.29 is 0 Å². The van der Waals surface area contributed by atoms with Crippen LogP contribution in [0.5, 0.6) is 0 Å². The average Bonchev–Trinajstić information content (AvgIpc) is 3.73. The first-order valence-corrected chi connectivity index (χ1v) is 12.8. The number of fused-ring (bicyclic) bond motifs is 6. The van der Waals surface area contributed by atoms with Crippen LogP contribution in [0.25, 0.3) is 61.7 Å². The molecule has 0 N–H and O–H groups in total. The Hall–Kier alpha value is -5.44. The highest BCUT2D eigenvalue weighted by molar-refractivity contribution is 6.07. The number of nitrogens with zero attached hydrogens (tertiary/aromatic N) is 9. The summed E-state index contributed by atoms with van der Waals surface area (Å²) in [5, 5.41) is 2.07. The van der Waals surface area contributed by atoms with Crippen molar-refractivity contribution in [1.29, 1.82) is 0 Å². The van der Waals surface area contributed by atoms with Gasteiger partial charge in [-0.1, -0.05) is 50.2 Å². The van der Waals surface area contributed by atoms with Crippen molar-refractivity contribution in [3.8, 4) is 17.8 Å². The summed E-state index contributed by atoms with van der Waals surface area (Å²) in [5.41, 5.74) is 5.56. The Kier molecular flexibility index (Phi) is 5.33. The predicted molar refractivity (Wildman–Crippen MR) is 153 cm³/mol. The van der Waals surface area contributed by atoms with Crippen LogP contribution in [0.4, 0.5) is 0 Å². The van der Waals surface area contributed by atoms with E-state index < -0.39 is 0 Å². The third kappa shape index (κ3) is 3.47. The number of hydrogen-bond donors (Lipinski definition) is 0. The molecule has 0 saturated carbocycles. The quantitative estimate of drug-likeness (QED) is 0.287. The molecule has 188 valence electrons. The van der Waals surface area contributed by atoms with Gasteiger partial charge in [-0.15, -0.1) is 0 Å². The second-order valence-corrected chi connectivity index (χ2v) is 8.65. The van der Waals surface area contributed by atoms with Crippen molar-refractivity contribution >= 4 is 43.9 Å². The van der Waals surface area contributed by atoms with E-state index in [9.17, 15) is 0 Å². The van der Waals surface area contributed by atoms with Crippen molar-refractivity contribution in [2.45, 2.75) is 13.8 Å². The summed E-state index contributed by atoms with van der Waals surface area (Å²) in [6, 6.07) is 24.2. The molecule has 8 aromatic rings. The number of aromatic nitrogens is 9. The van der Waals surface area contributed by atoms with Gasteiger partial charge in [0.2, 0.25) is 17.8 Å². The number of benzene rings is 2. The van der Waals surface area contributed by atoms with Crippen LogP contribution in [-0.2, 0) is 0 Å². The van der Waals surface area contributed by atoms with Crippen molar-refractivity contribution in [3.63, 3.8) is 0 Å². The highest BCUT2D eigenvalue weighted by Crippen LogP contribution is 2.32. The van der Waals surface area contributed by atoms with E-state index in [1.54, 1.807) is 29.5 Å². The molecule has 2 aromatic carbocycles. The summed E-state index contributed by atoms with van der Waals surface area (Å²) in [4.78, 5) is 28.4. The Labute approximate surface area is 223 Å².